The molecule has 0 bridgehead atoms. The van der Waals surface area contributed by atoms with Gasteiger partial charge in [0, 0.05) is 12.4 Å². The molecule has 1 heterocycles. The largest absolute Gasteiger partial charge is 0.231 e. The van der Waals surface area contributed by atoms with Crippen molar-refractivity contribution in [2.75, 3.05) is 0 Å². The van der Waals surface area contributed by atoms with Gasteiger partial charge in [0.15, 0.2) is 4.73 Å². The Morgan fingerprint density at radius 3 is 2.00 bits per heavy atom. The van der Waals surface area contributed by atoms with Crippen LogP contribution in [-0.4, -0.2) is 9.97 Å². The molecule has 0 aromatic carbocycles. The van der Waals surface area contributed by atoms with Gasteiger partial charge in [-0.05, 0) is 22.0 Å². The molecule has 0 aliphatic carbocycles. The highest BCUT2D eigenvalue weighted by atomic mass is 79.9. The van der Waals surface area contributed by atoms with Crippen molar-refractivity contribution in [2.45, 2.75) is 0 Å². The topological polar surface area (TPSA) is 25.8 Å². The molecule has 0 saturated heterocycles. The molecule has 44 valence electrons. The summed E-state index contributed by atoms with van der Waals surface area (Å²) in [5.74, 6) is 0. The maximum absolute atomic E-state index is 3.78. The van der Waals surface area contributed by atoms with Gasteiger partial charge in [0.05, 0.1) is 0 Å². The summed E-state index contributed by atoms with van der Waals surface area (Å²) in [6, 6.07) is 1.77. The maximum atomic E-state index is 3.78. The van der Waals surface area contributed by atoms with Crippen LogP contribution in [0.3, 0.4) is 0 Å². The summed E-state index contributed by atoms with van der Waals surface area (Å²) in [4.78, 5) is 7.57. The van der Waals surface area contributed by atoms with Gasteiger partial charge in [0.1, 0.15) is 0 Å². The number of hydrogen-bond acceptors (Lipinski definition) is 2. The first-order chi connectivity index (χ1) is 3.39. The third kappa shape index (κ3) is 2.23. The summed E-state index contributed by atoms with van der Waals surface area (Å²) in [5.41, 5.74) is 0. The Morgan fingerprint density at radius 1 is 1.25 bits per heavy atom. The molecule has 2 nitrogen and oxygen atoms in total. The van der Waals surface area contributed by atoms with Crippen LogP contribution in [0, 0.1) is 0 Å². The zero-order chi connectivity index (χ0) is 5.11. The van der Waals surface area contributed by atoms with Crippen LogP contribution < -0.4 is 0 Å². The summed E-state index contributed by atoms with van der Waals surface area (Å²) in [5, 5.41) is 0. The Labute approximate surface area is 61.9 Å². The fraction of sp³-hybridized carbons (Fsp3) is 0. The molecule has 4 heteroatoms. The number of hydrogen-bond donors (Lipinski definition) is 0. The first-order valence-electron chi connectivity index (χ1n) is 1.82. The van der Waals surface area contributed by atoms with Crippen molar-refractivity contribution in [1.29, 1.82) is 0 Å². The molecule has 0 amide bonds. The Kier molecular flexibility index (Phi) is 3.73. The van der Waals surface area contributed by atoms with Crippen molar-refractivity contribution < 1.29 is 0 Å². The average Bonchev–Trinajstić information content (AvgIpc) is 1.69. The summed E-state index contributed by atoms with van der Waals surface area (Å²) >= 11 is 3.09. The van der Waals surface area contributed by atoms with Gasteiger partial charge in [-0.25, -0.2) is 9.97 Å². The first-order valence-corrected chi connectivity index (χ1v) is 2.61. The molecule has 0 atom stereocenters. The SMILES string of the molecule is Brc1ncccn1.Cl. The van der Waals surface area contributed by atoms with Crippen LogP contribution >= 0.6 is 28.3 Å². The molecule has 0 N–H and O–H groups in total. The van der Waals surface area contributed by atoms with E-state index in [4.69, 9.17) is 0 Å². The van der Waals surface area contributed by atoms with Gasteiger partial charge >= 0.3 is 0 Å². The fourth-order valence-corrected chi connectivity index (χ4v) is 0.517. The van der Waals surface area contributed by atoms with Crippen LogP contribution in [0.1, 0.15) is 0 Å². The third-order valence-corrected chi connectivity index (χ3v) is 0.944. The van der Waals surface area contributed by atoms with E-state index in [0.29, 0.717) is 4.73 Å². The summed E-state index contributed by atoms with van der Waals surface area (Å²) < 4.78 is 0.634. The van der Waals surface area contributed by atoms with Crippen LogP contribution in [0.5, 0.6) is 0 Å². The molecular formula is C4H4BrClN2. The van der Waals surface area contributed by atoms with E-state index >= 15 is 0 Å². The minimum absolute atomic E-state index is 0. The number of halogens is 2. The van der Waals surface area contributed by atoms with Gasteiger partial charge in [-0.15, -0.1) is 12.4 Å². The molecule has 8 heavy (non-hydrogen) atoms. The lowest BCUT2D eigenvalue weighted by atomic mass is 10.7. The van der Waals surface area contributed by atoms with Crippen molar-refractivity contribution in [3.63, 3.8) is 0 Å². The predicted molar refractivity (Wildman–Crippen MR) is 37.0 cm³/mol. The zero-order valence-electron chi connectivity index (χ0n) is 3.91. The van der Waals surface area contributed by atoms with Crippen molar-refractivity contribution in [3.05, 3.63) is 23.2 Å². The van der Waals surface area contributed by atoms with Crippen molar-refractivity contribution >= 4 is 28.3 Å². The second-order valence-corrected chi connectivity index (χ2v) is 1.73. The third-order valence-electron chi connectivity index (χ3n) is 0.534. The van der Waals surface area contributed by atoms with Crippen molar-refractivity contribution in [2.24, 2.45) is 0 Å². The smallest absolute Gasteiger partial charge is 0.196 e. The van der Waals surface area contributed by atoms with E-state index in [0.717, 1.165) is 0 Å². The highest BCUT2D eigenvalue weighted by molar-refractivity contribution is 9.10. The van der Waals surface area contributed by atoms with Gasteiger partial charge in [0.2, 0.25) is 0 Å². The second-order valence-electron chi connectivity index (χ2n) is 1.02. The highest BCUT2D eigenvalue weighted by Gasteiger charge is 1.77. The quantitative estimate of drug-likeness (QED) is 0.589. The molecule has 0 saturated carbocycles. The van der Waals surface area contributed by atoms with Crippen LogP contribution in [0.2, 0.25) is 0 Å². The van der Waals surface area contributed by atoms with E-state index in [9.17, 15) is 0 Å². The minimum atomic E-state index is 0. The summed E-state index contributed by atoms with van der Waals surface area (Å²) in [6.07, 6.45) is 3.36. The lowest BCUT2D eigenvalue weighted by Crippen LogP contribution is -1.74. The van der Waals surface area contributed by atoms with Crippen LogP contribution in [-0.2, 0) is 0 Å². The molecule has 0 aliphatic rings. The molecule has 0 aliphatic heterocycles. The van der Waals surface area contributed by atoms with E-state index in [1.165, 1.54) is 0 Å². The number of nitrogens with zero attached hydrogens (tertiary/aromatic N) is 2. The zero-order valence-corrected chi connectivity index (χ0v) is 6.32. The molecule has 1 rings (SSSR count). The highest BCUT2D eigenvalue weighted by Crippen LogP contribution is 1.94. The molecular weight excluding hydrogens is 191 g/mol. The average molecular weight is 195 g/mol. The standard InChI is InChI=1S/C4H3BrN2.ClH/c5-4-6-2-1-3-7-4;/h1-3H;1H. The lowest BCUT2D eigenvalue weighted by molar-refractivity contribution is 1.11. The van der Waals surface area contributed by atoms with Gasteiger partial charge in [-0.3, -0.25) is 0 Å². The Bertz CT molecular complexity index is 144. The molecule has 1 aromatic rings. The van der Waals surface area contributed by atoms with Gasteiger partial charge < -0.3 is 0 Å². The van der Waals surface area contributed by atoms with Gasteiger partial charge in [-0.1, -0.05) is 0 Å². The summed E-state index contributed by atoms with van der Waals surface area (Å²) in [7, 11) is 0. The van der Waals surface area contributed by atoms with E-state index in [1.807, 2.05) is 0 Å². The van der Waals surface area contributed by atoms with Crippen molar-refractivity contribution in [1.82, 2.24) is 9.97 Å². The second kappa shape index (κ2) is 3.80. The van der Waals surface area contributed by atoms with E-state index in [1.54, 1.807) is 18.5 Å². The number of aromatic nitrogens is 2. The number of rotatable bonds is 0. The Morgan fingerprint density at radius 2 is 1.75 bits per heavy atom. The van der Waals surface area contributed by atoms with Gasteiger partial charge in [-0.2, -0.15) is 0 Å². The normalized spacial score (nSPS) is 7.62. The molecule has 1 aromatic heterocycles. The van der Waals surface area contributed by atoms with Gasteiger partial charge in [0.25, 0.3) is 0 Å². The maximum Gasteiger partial charge on any atom is 0.196 e. The molecule has 0 radical (unpaired) electrons. The first kappa shape index (κ1) is 7.85. The van der Waals surface area contributed by atoms with E-state index in [2.05, 4.69) is 25.9 Å². The Balaban J connectivity index is 0.000000490. The molecule has 0 spiro atoms. The van der Waals surface area contributed by atoms with Crippen LogP contribution in [0.15, 0.2) is 23.2 Å². The fourth-order valence-electron chi connectivity index (χ4n) is 0.281. The van der Waals surface area contributed by atoms with Crippen molar-refractivity contribution in [3.8, 4) is 0 Å². The van der Waals surface area contributed by atoms with Crippen LogP contribution in [0.25, 0.3) is 0 Å². The molecule has 0 fully saturated rings. The summed E-state index contributed by atoms with van der Waals surface area (Å²) in [6.45, 7) is 0. The van der Waals surface area contributed by atoms with E-state index < -0.39 is 0 Å². The monoisotopic (exact) mass is 194 g/mol. The lowest BCUT2D eigenvalue weighted by Gasteiger charge is -1.79. The predicted octanol–water partition coefficient (Wildman–Crippen LogP) is 1.66. The molecule has 0 unspecified atom stereocenters. The Hall–Kier alpha value is -0.150. The van der Waals surface area contributed by atoms with E-state index in [-0.39, 0.29) is 12.4 Å². The van der Waals surface area contributed by atoms with Crippen LogP contribution in [0.4, 0.5) is 0 Å². The minimum Gasteiger partial charge on any atom is -0.231 e.